The van der Waals surface area contributed by atoms with E-state index in [9.17, 15) is 20.1 Å². The first-order chi connectivity index (χ1) is 16.4. The highest BCUT2D eigenvalue weighted by molar-refractivity contribution is 5.66. The zero-order valence-electron chi connectivity index (χ0n) is 21.9. The molecule has 1 aromatic carbocycles. The van der Waals surface area contributed by atoms with Crippen LogP contribution in [0.5, 0.6) is 11.5 Å². The Kier molecular flexibility index (Phi) is 7.24. The zero-order chi connectivity index (χ0) is 25.8. The van der Waals surface area contributed by atoms with E-state index >= 15 is 0 Å². The molecule has 1 fully saturated rings. The fourth-order valence-electron chi connectivity index (χ4n) is 6.45. The van der Waals surface area contributed by atoms with Gasteiger partial charge in [-0.05, 0) is 81.4 Å². The first-order valence-electron chi connectivity index (χ1n) is 12.8. The summed E-state index contributed by atoms with van der Waals surface area (Å²) >= 11 is 0. The van der Waals surface area contributed by atoms with E-state index in [1.54, 1.807) is 6.92 Å². The van der Waals surface area contributed by atoms with Gasteiger partial charge in [0, 0.05) is 18.4 Å². The number of phenols is 1. The van der Waals surface area contributed by atoms with E-state index in [2.05, 4.69) is 33.8 Å². The average Bonchev–Trinajstić information content (AvgIpc) is 2.76. The number of esters is 1. The quantitative estimate of drug-likeness (QED) is 0.422. The number of hydrogen-bond acceptors (Lipinski definition) is 7. The Bertz CT molecular complexity index is 1010. The normalized spacial score (nSPS) is 36.2. The van der Waals surface area contributed by atoms with E-state index in [0.717, 1.165) is 30.4 Å². The molecular weight excluding hydrogens is 448 g/mol. The number of rotatable bonds is 4. The van der Waals surface area contributed by atoms with Crippen molar-refractivity contribution in [1.29, 1.82) is 0 Å². The molecule has 0 unspecified atom stereocenters. The molecule has 0 spiro atoms. The minimum absolute atomic E-state index is 0.0616. The molecule has 1 aromatic rings. The maximum atomic E-state index is 11.6. The van der Waals surface area contributed by atoms with Crippen LogP contribution in [0.15, 0.2) is 11.6 Å². The molecule has 4 rings (SSSR count). The molecule has 0 radical (unpaired) electrons. The molecule has 194 valence electrons. The summed E-state index contributed by atoms with van der Waals surface area (Å²) in [5.41, 5.74) is 5.50. The predicted octanol–water partition coefficient (Wildman–Crippen LogP) is 4.55. The van der Waals surface area contributed by atoms with Crippen LogP contribution in [0.3, 0.4) is 0 Å². The molecule has 1 heterocycles. The van der Waals surface area contributed by atoms with Crippen LogP contribution in [0.2, 0.25) is 0 Å². The number of carbonyl (C=O) groups excluding carboxylic acids is 1. The van der Waals surface area contributed by atoms with Crippen molar-refractivity contribution >= 4 is 5.97 Å². The third-order valence-electron chi connectivity index (χ3n) is 8.11. The van der Waals surface area contributed by atoms with Gasteiger partial charge >= 0.3 is 5.97 Å². The molecule has 35 heavy (non-hydrogen) atoms. The van der Waals surface area contributed by atoms with Crippen LogP contribution in [0, 0.1) is 12.8 Å². The molecule has 1 saturated heterocycles. The van der Waals surface area contributed by atoms with Gasteiger partial charge in [0.25, 0.3) is 0 Å². The highest BCUT2D eigenvalue weighted by Crippen LogP contribution is 2.58. The van der Waals surface area contributed by atoms with Gasteiger partial charge in [0.15, 0.2) is 23.7 Å². The van der Waals surface area contributed by atoms with Crippen molar-refractivity contribution in [1.82, 2.24) is 0 Å². The second-order valence-electron chi connectivity index (χ2n) is 11.1. The molecule has 0 aromatic heterocycles. The van der Waals surface area contributed by atoms with Crippen molar-refractivity contribution in [3.63, 3.8) is 0 Å². The number of hydrogen-bond donors (Lipinski definition) is 3. The Labute approximate surface area is 208 Å². The van der Waals surface area contributed by atoms with E-state index in [1.165, 1.54) is 23.6 Å². The van der Waals surface area contributed by atoms with Crippen molar-refractivity contribution in [2.75, 3.05) is 0 Å². The van der Waals surface area contributed by atoms with Crippen LogP contribution in [0.4, 0.5) is 0 Å². The molecule has 7 nitrogen and oxygen atoms in total. The van der Waals surface area contributed by atoms with Crippen LogP contribution < -0.4 is 4.74 Å². The molecule has 1 aliphatic heterocycles. The number of phenolic OH excluding ortho intramolecular Hbond substituents is 1. The highest BCUT2D eigenvalue weighted by Gasteiger charge is 2.48. The number of aromatic hydroxyl groups is 1. The standard InChI is InChI=1S/C28H40O7/c1-12(2)10-18-11-14(4)19-9-8-13(3)20-22(19)21(18)15(5)23(30)26(20)35-28-25(32)27(34-17(7)29)24(31)16(6)33-28/h10,13-14,16,18-19,24-25,27-28,30-32H,8-9,11H2,1-7H3/t13-,14+,16+,18+,19-,24-,25+,27-,28+/m1/s1. The van der Waals surface area contributed by atoms with Crippen LogP contribution in [-0.2, 0) is 14.3 Å². The summed E-state index contributed by atoms with van der Waals surface area (Å²) in [6.07, 6.45) is -0.334. The topological polar surface area (TPSA) is 105 Å². The Morgan fingerprint density at radius 2 is 1.71 bits per heavy atom. The van der Waals surface area contributed by atoms with Crippen LogP contribution in [0.25, 0.3) is 0 Å². The third kappa shape index (κ3) is 4.58. The van der Waals surface area contributed by atoms with Gasteiger partial charge in [-0.1, -0.05) is 25.5 Å². The maximum Gasteiger partial charge on any atom is 0.303 e. The lowest BCUT2D eigenvalue weighted by atomic mass is 9.62. The summed E-state index contributed by atoms with van der Waals surface area (Å²) in [6.45, 7) is 13.5. The number of benzene rings is 1. The van der Waals surface area contributed by atoms with Crippen molar-refractivity contribution in [2.45, 2.75) is 116 Å². The second kappa shape index (κ2) is 9.75. The van der Waals surface area contributed by atoms with Crippen LogP contribution in [0.1, 0.15) is 101 Å². The van der Waals surface area contributed by atoms with E-state index < -0.39 is 36.7 Å². The number of aliphatic hydroxyl groups is 2. The molecule has 3 N–H and O–H groups in total. The molecule has 9 atom stereocenters. The van der Waals surface area contributed by atoms with Crippen molar-refractivity contribution in [3.8, 4) is 11.5 Å². The summed E-state index contributed by atoms with van der Waals surface area (Å²) in [4.78, 5) is 11.6. The largest absolute Gasteiger partial charge is 0.504 e. The van der Waals surface area contributed by atoms with Gasteiger partial charge in [0.1, 0.15) is 6.10 Å². The number of aliphatic hydroxyl groups excluding tert-OH is 2. The van der Waals surface area contributed by atoms with Gasteiger partial charge < -0.3 is 29.5 Å². The minimum atomic E-state index is -1.42. The van der Waals surface area contributed by atoms with Crippen molar-refractivity contribution in [3.05, 3.63) is 33.9 Å². The Hall–Kier alpha value is -2.09. The Morgan fingerprint density at radius 3 is 2.34 bits per heavy atom. The summed E-state index contributed by atoms with van der Waals surface area (Å²) in [5, 5.41) is 32.8. The monoisotopic (exact) mass is 488 g/mol. The number of ether oxygens (including phenoxy) is 3. The van der Waals surface area contributed by atoms with Crippen LogP contribution in [-0.4, -0.2) is 52.0 Å². The zero-order valence-corrected chi connectivity index (χ0v) is 21.9. The Balaban J connectivity index is 1.82. The first-order valence-corrected chi connectivity index (χ1v) is 12.8. The molecule has 0 saturated carbocycles. The minimum Gasteiger partial charge on any atom is -0.504 e. The van der Waals surface area contributed by atoms with Gasteiger partial charge in [-0.3, -0.25) is 4.79 Å². The van der Waals surface area contributed by atoms with Gasteiger partial charge in [0.2, 0.25) is 6.29 Å². The smallest absolute Gasteiger partial charge is 0.303 e. The molecule has 3 aliphatic rings. The summed E-state index contributed by atoms with van der Waals surface area (Å²) < 4.78 is 17.3. The first kappa shape index (κ1) is 26.0. The fraction of sp³-hybridized carbons (Fsp3) is 0.679. The van der Waals surface area contributed by atoms with Gasteiger partial charge in [-0.15, -0.1) is 0 Å². The molecule has 0 bridgehead atoms. The number of allylic oxidation sites excluding steroid dienone is 2. The van der Waals surface area contributed by atoms with E-state index in [-0.39, 0.29) is 17.6 Å². The lowest BCUT2D eigenvalue weighted by Gasteiger charge is -2.45. The highest BCUT2D eigenvalue weighted by atomic mass is 16.7. The second-order valence-corrected chi connectivity index (χ2v) is 11.1. The lowest BCUT2D eigenvalue weighted by molar-refractivity contribution is -0.272. The maximum absolute atomic E-state index is 11.6. The number of carbonyl (C=O) groups is 1. The van der Waals surface area contributed by atoms with Gasteiger partial charge in [-0.2, -0.15) is 0 Å². The van der Waals surface area contributed by atoms with Crippen molar-refractivity contribution < 1.29 is 34.3 Å². The van der Waals surface area contributed by atoms with E-state index in [0.29, 0.717) is 17.6 Å². The summed E-state index contributed by atoms with van der Waals surface area (Å²) in [6, 6.07) is 0. The van der Waals surface area contributed by atoms with Gasteiger partial charge in [-0.25, -0.2) is 0 Å². The fourth-order valence-corrected chi connectivity index (χ4v) is 6.45. The SMILES string of the molecule is CC(=O)O[C@H]1[C@H](O)[C@H](Oc2c(O)c(C)c3c4c2[C@H](C)CC[C@@H]4[C@@H](C)C[C@@H]3C=C(C)C)O[C@@H](C)[C@H]1O. The lowest BCUT2D eigenvalue weighted by Crippen LogP contribution is -2.59. The van der Waals surface area contributed by atoms with Gasteiger partial charge in [0.05, 0.1) is 6.10 Å². The van der Waals surface area contributed by atoms with Crippen LogP contribution >= 0.6 is 0 Å². The molecular formula is C28H40O7. The predicted molar refractivity (Wildman–Crippen MR) is 132 cm³/mol. The summed E-state index contributed by atoms with van der Waals surface area (Å²) in [5.74, 6) is 1.04. The molecule has 7 heteroatoms. The Morgan fingerprint density at radius 1 is 1.03 bits per heavy atom. The average molecular weight is 489 g/mol. The molecule has 0 amide bonds. The third-order valence-corrected chi connectivity index (χ3v) is 8.11. The van der Waals surface area contributed by atoms with Crippen molar-refractivity contribution in [2.24, 2.45) is 5.92 Å². The van der Waals surface area contributed by atoms with E-state index in [4.69, 9.17) is 14.2 Å². The van der Waals surface area contributed by atoms with E-state index in [1.807, 2.05) is 6.92 Å². The summed E-state index contributed by atoms with van der Waals surface area (Å²) in [7, 11) is 0. The molecule has 2 aliphatic carbocycles.